The molecule has 0 spiro atoms. The smallest absolute Gasteiger partial charge is 0.220 e. The molecule has 0 unspecified atom stereocenters. The van der Waals surface area contributed by atoms with Crippen LogP contribution in [0.1, 0.15) is 58.8 Å². The minimum Gasteiger partial charge on any atom is -0.355 e. The van der Waals surface area contributed by atoms with Crippen molar-refractivity contribution in [1.82, 2.24) is 10.6 Å². The Bertz CT molecular complexity index is 329. The van der Waals surface area contributed by atoms with E-state index in [4.69, 9.17) is 0 Å². The molecule has 0 radical (unpaired) electrons. The fraction of sp³-hybridized carbons (Fsp3) is 0.941. The average Bonchev–Trinajstić information content (AvgIpc) is 2.32. The molecule has 0 atom stereocenters. The van der Waals surface area contributed by atoms with Crippen LogP contribution in [-0.2, 0) is 4.79 Å². The molecule has 4 aliphatic carbocycles. The van der Waals surface area contributed by atoms with Crippen LogP contribution in [0.15, 0.2) is 0 Å². The lowest BCUT2D eigenvalue weighted by atomic mass is 9.49. The van der Waals surface area contributed by atoms with E-state index in [1.54, 1.807) is 0 Å². The van der Waals surface area contributed by atoms with Crippen molar-refractivity contribution in [2.75, 3.05) is 13.1 Å². The zero-order chi connectivity index (χ0) is 14.2. The molecule has 114 valence electrons. The van der Waals surface area contributed by atoms with Crippen molar-refractivity contribution in [3.05, 3.63) is 0 Å². The first-order chi connectivity index (χ1) is 9.55. The van der Waals surface area contributed by atoms with Gasteiger partial charge >= 0.3 is 0 Å². The third-order valence-electron chi connectivity index (χ3n) is 5.70. The third kappa shape index (κ3) is 3.19. The Labute approximate surface area is 123 Å². The fourth-order valence-electron chi connectivity index (χ4n) is 5.47. The van der Waals surface area contributed by atoms with Gasteiger partial charge in [0.2, 0.25) is 5.91 Å². The fourth-order valence-corrected chi connectivity index (χ4v) is 5.47. The Morgan fingerprint density at radius 2 is 1.60 bits per heavy atom. The molecule has 0 aliphatic heterocycles. The largest absolute Gasteiger partial charge is 0.355 e. The summed E-state index contributed by atoms with van der Waals surface area (Å²) in [5.74, 6) is 3.11. The van der Waals surface area contributed by atoms with Crippen LogP contribution in [0.2, 0.25) is 0 Å². The van der Waals surface area contributed by atoms with Gasteiger partial charge in [-0.1, -0.05) is 13.8 Å². The van der Waals surface area contributed by atoms with E-state index < -0.39 is 0 Å². The summed E-state index contributed by atoms with van der Waals surface area (Å²) in [5, 5.41) is 6.46. The maximum atomic E-state index is 12.2. The molecular weight excluding hydrogens is 248 g/mol. The number of nitrogens with one attached hydrogen (secondary N) is 2. The van der Waals surface area contributed by atoms with Crippen molar-refractivity contribution < 1.29 is 4.79 Å². The molecule has 3 heteroatoms. The minimum absolute atomic E-state index is 0.289. The predicted molar refractivity (Wildman–Crippen MR) is 81.4 cm³/mol. The number of rotatable bonds is 6. The van der Waals surface area contributed by atoms with Crippen LogP contribution >= 0.6 is 0 Å². The molecular formula is C17H30N2O. The third-order valence-corrected chi connectivity index (χ3v) is 5.70. The van der Waals surface area contributed by atoms with E-state index in [9.17, 15) is 4.79 Å². The highest BCUT2D eigenvalue weighted by Crippen LogP contribution is 2.61. The standard InChI is InChI=1S/C17H30N2O/c1-12(2)18-3-4-19-16(20)11-17-8-13-5-14(9-17)7-15(6-13)10-17/h12-15,18H,3-11H2,1-2H3,(H,19,20). The van der Waals surface area contributed by atoms with Gasteiger partial charge in [-0.05, 0) is 61.7 Å². The number of hydrogen-bond acceptors (Lipinski definition) is 2. The first kappa shape index (κ1) is 14.4. The van der Waals surface area contributed by atoms with Gasteiger partial charge in [0, 0.05) is 25.6 Å². The second-order valence-corrected chi connectivity index (χ2v) is 8.05. The molecule has 4 saturated carbocycles. The van der Waals surface area contributed by atoms with E-state index in [-0.39, 0.29) is 5.91 Å². The molecule has 20 heavy (non-hydrogen) atoms. The maximum Gasteiger partial charge on any atom is 0.220 e. The molecule has 0 aromatic rings. The number of hydrogen-bond donors (Lipinski definition) is 2. The van der Waals surface area contributed by atoms with Gasteiger partial charge in [-0.15, -0.1) is 0 Å². The van der Waals surface area contributed by atoms with Crippen LogP contribution in [0.5, 0.6) is 0 Å². The summed E-state index contributed by atoms with van der Waals surface area (Å²) in [4.78, 5) is 12.2. The quantitative estimate of drug-likeness (QED) is 0.734. The zero-order valence-corrected chi connectivity index (χ0v) is 13.1. The highest BCUT2D eigenvalue weighted by molar-refractivity contribution is 5.76. The average molecular weight is 278 g/mol. The van der Waals surface area contributed by atoms with E-state index in [0.717, 1.165) is 37.3 Å². The van der Waals surface area contributed by atoms with E-state index in [1.165, 1.54) is 38.5 Å². The molecule has 0 aromatic carbocycles. The Hall–Kier alpha value is -0.570. The topological polar surface area (TPSA) is 41.1 Å². The normalized spacial score (nSPS) is 38.5. The van der Waals surface area contributed by atoms with Gasteiger partial charge in [0.25, 0.3) is 0 Å². The van der Waals surface area contributed by atoms with Crippen LogP contribution < -0.4 is 10.6 Å². The Morgan fingerprint density at radius 1 is 1.05 bits per heavy atom. The molecule has 3 nitrogen and oxygen atoms in total. The van der Waals surface area contributed by atoms with Crippen molar-refractivity contribution in [3.8, 4) is 0 Å². The van der Waals surface area contributed by atoms with Crippen molar-refractivity contribution in [2.45, 2.75) is 64.8 Å². The van der Waals surface area contributed by atoms with Gasteiger partial charge in [-0.3, -0.25) is 4.79 Å². The molecule has 0 aromatic heterocycles. The summed E-state index contributed by atoms with van der Waals surface area (Å²) < 4.78 is 0. The van der Waals surface area contributed by atoms with E-state index >= 15 is 0 Å². The van der Waals surface area contributed by atoms with E-state index in [1.807, 2.05) is 0 Å². The van der Waals surface area contributed by atoms with Crippen LogP contribution in [0.4, 0.5) is 0 Å². The van der Waals surface area contributed by atoms with Gasteiger partial charge in [0.15, 0.2) is 0 Å². The van der Waals surface area contributed by atoms with Crippen LogP contribution in [0, 0.1) is 23.2 Å². The molecule has 4 aliphatic rings. The number of carbonyl (C=O) groups is 1. The van der Waals surface area contributed by atoms with Crippen molar-refractivity contribution in [3.63, 3.8) is 0 Å². The highest BCUT2D eigenvalue weighted by Gasteiger charge is 2.51. The lowest BCUT2D eigenvalue weighted by Crippen LogP contribution is -2.48. The van der Waals surface area contributed by atoms with Crippen LogP contribution in [-0.4, -0.2) is 25.0 Å². The van der Waals surface area contributed by atoms with E-state index in [2.05, 4.69) is 24.5 Å². The van der Waals surface area contributed by atoms with Gasteiger partial charge in [-0.2, -0.15) is 0 Å². The maximum absolute atomic E-state index is 12.2. The van der Waals surface area contributed by atoms with Gasteiger partial charge in [0.05, 0.1) is 0 Å². The molecule has 4 bridgehead atoms. The van der Waals surface area contributed by atoms with Gasteiger partial charge in [0.1, 0.15) is 0 Å². The monoisotopic (exact) mass is 278 g/mol. The summed E-state index contributed by atoms with van der Waals surface area (Å²) in [6.45, 7) is 5.92. The van der Waals surface area contributed by atoms with Gasteiger partial charge in [-0.25, -0.2) is 0 Å². The molecule has 0 heterocycles. The summed E-state index contributed by atoms with van der Waals surface area (Å²) >= 11 is 0. The minimum atomic E-state index is 0.289. The molecule has 2 N–H and O–H groups in total. The number of carbonyl (C=O) groups excluding carboxylic acids is 1. The molecule has 4 fully saturated rings. The number of amides is 1. The van der Waals surface area contributed by atoms with Crippen LogP contribution in [0.25, 0.3) is 0 Å². The Kier molecular flexibility index (Phi) is 4.07. The van der Waals surface area contributed by atoms with Crippen molar-refractivity contribution >= 4 is 5.91 Å². The second kappa shape index (κ2) is 5.67. The van der Waals surface area contributed by atoms with Crippen molar-refractivity contribution in [1.29, 1.82) is 0 Å². The van der Waals surface area contributed by atoms with Crippen molar-refractivity contribution in [2.24, 2.45) is 23.2 Å². The first-order valence-electron chi connectivity index (χ1n) is 8.55. The lowest BCUT2D eigenvalue weighted by Gasteiger charge is -2.56. The molecule has 4 rings (SSSR count). The molecule has 0 saturated heterocycles. The summed E-state index contributed by atoms with van der Waals surface area (Å²) in [5.41, 5.74) is 0.379. The SMILES string of the molecule is CC(C)NCCNC(=O)CC12CC3CC(CC(C3)C1)C2. The predicted octanol–water partition coefficient (Wildman–Crippen LogP) is 2.71. The summed E-state index contributed by atoms with van der Waals surface area (Å²) in [6.07, 6.45) is 9.15. The molecule has 1 amide bonds. The summed E-state index contributed by atoms with van der Waals surface area (Å²) in [6, 6.07) is 0.495. The van der Waals surface area contributed by atoms with Crippen LogP contribution in [0.3, 0.4) is 0 Å². The summed E-state index contributed by atoms with van der Waals surface area (Å²) in [7, 11) is 0. The highest BCUT2D eigenvalue weighted by atomic mass is 16.1. The Morgan fingerprint density at radius 3 is 2.10 bits per heavy atom. The lowest BCUT2D eigenvalue weighted by molar-refractivity contribution is -0.129. The zero-order valence-electron chi connectivity index (χ0n) is 13.1. The first-order valence-corrected chi connectivity index (χ1v) is 8.55. The Balaban J connectivity index is 1.46. The van der Waals surface area contributed by atoms with E-state index in [0.29, 0.717) is 11.5 Å². The van der Waals surface area contributed by atoms with Gasteiger partial charge < -0.3 is 10.6 Å². The second-order valence-electron chi connectivity index (χ2n) is 8.05.